The van der Waals surface area contributed by atoms with Crippen LogP contribution in [0, 0.1) is 5.92 Å². The average Bonchev–Trinajstić information content (AvgIpc) is 3.32. The highest BCUT2D eigenvalue weighted by atomic mass is 35.5. The Morgan fingerprint density at radius 3 is 2.60 bits per heavy atom. The van der Waals surface area contributed by atoms with Crippen LogP contribution in [-0.2, 0) is 6.42 Å². The molecule has 0 aliphatic carbocycles. The first kappa shape index (κ1) is 33.2. The second kappa shape index (κ2) is 16.3. The van der Waals surface area contributed by atoms with Crippen LogP contribution in [-0.4, -0.2) is 57.9 Å². The number of anilines is 2. The summed E-state index contributed by atoms with van der Waals surface area (Å²) >= 11 is 2.91. The van der Waals surface area contributed by atoms with Gasteiger partial charge in [0.1, 0.15) is 5.75 Å². The van der Waals surface area contributed by atoms with Crippen LogP contribution in [0.15, 0.2) is 70.4 Å². The van der Waals surface area contributed by atoms with Crippen molar-refractivity contribution < 1.29 is 9.53 Å². The fourth-order valence-electron chi connectivity index (χ4n) is 3.40. The van der Waals surface area contributed by atoms with Gasteiger partial charge in [0.25, 0.3) is 5.91 Å². The van der Waals surface area contributed by atoms with Crippen LogP contribution in [0.25, 0.3) is 0 Å². The summed E-state index contributed by atoms with van der Waals surface area (Å²) in [6.07, 6.45) is 6.04. The van der Waals surface area contributed by atoms with E-state index in [1.807, 2.05) is 31.1 Å². The van der Waals surface area contributed by atoms with Gasteiger partial charge in [0, 0.05) is 53.6 Å². The third kappa shape index (κ3) is 10.2. The van der Waals surface area contributed by atoms with Gasteiger partial charge in [0.15, 0.2) is 21.9 Å². The minimum atomic E-state index is -0.153. The first-order valence-corrected chi connectivity index (χ1v) is 13.9. The van der Waals surface area contributed by atoms with Crippen molar-refractivity contribution in [3.8, 4) is 11.5 Å². The summed E-state index contributed by atoms with van der Waals surface area (Å²) < 4.78 is 6.27. The van der Waals surface area contributed by atoms with Gasteiger partial charge in [-0.05, 0) is 62.5 Å². The molecule has 0 spiro atoms. The van der Waals surface area contributed by atoms with Crippen molar-refractivity contribution in [1.82, 2.24) is 30.2 Å². The van der Waals surface area contributed by atoms with E-state index in [0.717, 1.165) is 28.7 Å². The molecule has 13 heteroatoms. The van der Waals surface area contributed by atoms with Gasteiger partial charge in [0.05, 0.1) is 5.69 Å². The zero-order chi connectivity index (χ0) is 26.9. The van der Waals surface area contributed by atoms with E-state index >= 15 is 0 Å². The lowest BCUT2D eigenvalue weighted by Gasteiger charge is -2.13. The van der Waals surface area contributed by atoms with Crippen molar-refractivity contribution in [2.45, 2.75) is 30.3 Å². The fourth-order valence-corrected chi connectivity index (χ4v) is 4.83. The normalized spacial score (nSPS) is 10.6. The highest BCUT2D eigenvalue weighted by Crippen LogP contribution is 2.36. The van der Waals surface area contributed by atoms with Gasteiger partial charge >= 0.3 is 0 Å². The van der Waals surface area contributed by atoms with Crippen LogP contribution in [0.1, 0.15) is 29.9 Å². The molecule has 0 aliphatic heterocycles. The Morgan fingerprint density at radius 2 is 1.88 bits per heavy atom. The van der Waals surface area contributed by atoms with Crippen molar-refractivity contribution in [3.63, 3.8) is 0 Å². The number of hydrogen-bond acceptors (Lipinski definition) is 10. The zero-order valence-corrected chi connectivity index (χ0v) is 25.9. The third-order valence-electron chi connectivity index (χ3n) is 5.14. The Morgan fingerprint density at radius 1 is 1.10 bits per heavy atom. The van der Waals surface area contributed by atoms with E-state index < -0.39 is 0 Å². The number of carbonyl (C=O) groups excluding carboxylic acids is 1. The summed E-state index contributed by atoms with van der Waals surface area (Å²) in [4.78, 5) is 33.3. The van der Waals surface area contributed by atoms with Crippen LogP contribution < -0.4 is 15.4 Å². The number of rotatable bonds is 12. The number of thiazole rings is 1. The molecule has 0 aliphatic rings. The predicted molar refractivity (Wildman–Crippen MR) is 166 cm³/mol. The lowest BCUT2D eigenvalue weighted by Crippen LogP contribution is -2.31. The maximum absolute atomic E-state index is 12.6. The van der Waals surface area contributed by atoms with Crippen LogP contribution in [0.4, 0.5) is 10.9 Å². The minimum Gasteiger partial charge on any atom is -0.453 e. The van der Waals surface area contributed by atoms with Crippen molar-refractivity contribution in [1.29, 1.82) is 0 Å². The number of benzene rings is 1. The number of aromatic nitrogens is 4. The molecule has 0 radical (unpaired) electrons. The molecule has 0 atom stereocenters. The van der Waals surface area contributed by atoms with Crippen LogP contribution in [0.5, 0.6) is 11.5 Å². The molecule has 4 rings (SSSR count). The Labute approximate surface area is 255 Å². The van der Waals surface area contributed by atoms with E-state index in [4.69, 9.17) is 9.72 Å². The molecular formula is C27H33Cl2N7O2S2. The van der Waals surface area contributed by atoms with Crippen LogP contribution in [0.2, 0.25) is 0 Å². The van der Waals surface area contributed by atoms with E-state index in [-0.39, 0.29) is 30.7 Å². The van der Waals surface area contributed by atoms with Gasteiger partial charge in [0.2, 0.25) is 0 Å². The molecule has 0 bridgehead atoms. The smallest absolute Gasteiger partial charge is 0.251 e. The molecule has 3 heterocycles. The Bertz CT molecular complexity index is 1360. The topological polar surface area (TPSA) is 105 Å². The quantitative estimate of drug-likeness (QED) is 0.175. The van der Waals surface area contributed by atoms with Gasteiger partial charge in [-0.25, -0.2) is 19.9 Å². The summed E-state index contributed by atoms with van der Waals surface area (Å²) in [5.41, 5.74) is 1.56. The highest BCUT2D eigenvalue weighted by molar-refractivity contribution is 7.99. The maximum Gasteiger partial charge on any atom is 0.251 e. The predicted octanol–water partition coefficient (Wildman–Crippen LogP) is 6.35. The molecule has 4 aromatic rings. The molecule has 0 unspecified atom stereocenters. The lowest BCUT2D eigenvalue weighted by atomic mass is 10.1. The van der Waals surface area contributed by atoms with Gasteiger partial charge in [-0.1, -0.05) is 19.9 Å². The van der Waals surface area contributed by atoms with Crippen molar-refractivity contribution >= 4 is 64.8 Å². The number of amides is 1. The zero-order valence-electron chi connectivity index (χ0n) is 22.7. The molecule has 0 saturated carbocycles. The van der Waals surface area contributed by atoms with Gasteiger partial charge < -0.3 is 20.3 Å². The van der Waals surface area contributed by atoms with Crippen LogP contribution >= 0.6 is 47.9 Å². The Balaban J connectivity index is 0.00000280. The molecule has 0 fully saturated rings. The number of ether oxygens (including phenoxy) is 1. The molecule has 1 aromatic carbocycles. The number of nitrogens with zero attached hydrogens (tertiary/aromatic N) is 5. The standard InChI is InChI=1S/C27H31N7O2S2.2ClH/c1-18(2)13-20-17-37-27(32-20)33-24-23(15-22(16-31-24)38-26-29-9-6-10-30-26)36-21-8-5-7-19(14-21)25(35)28-11-12-34(3)4;;/h5-10,14-18H,11-13H2,1-4H3,(H,28,35)(H,31,32,33);2*1H. The van der Waals surface area contributed by atoms with Gasteiger partial charge in [-0.2, -0.15) is 0 Å². The Kier molecular flexibility index (Phi) is 13.6. The number of nitrogens with one attached hydrogen (secondary N) is 2. The average molecular weight is 623 g/mol. The monoisotopic (exact) mass is 621 g/mol. The van der Waals surface area contributed by atoms with Gasteiger partial charge in [-0.15, -0.1) is 36.2 Å². The van der Waals surface area contributed by atoms with E-state index in [0.29, 0.717) is 40.5 Å². The summed E-state index contributed by atoms with van der Waals surface area (Å²) in [6.45, 7) is 5.66. The number of hydrogen-bond donors (Lipinski definition) is 2. The SMILES string of the molecule is CC(C)Cc1csc(Nc2ncc(Sc3ncccn3)cc2Oc2cccc(C(=O)NCCN(C)C)c2)n1.Cl.Cl. The highest BCUT2D eigenvalue weighted by Gasteiger charge is 2.14. The molecule has 1 amide bonds. The summed E-state index contributed by atoms with van der Waals surface area (Å²) in [5.74, 6) is 1.91. The molecule has 40 heavy (non-hydrogen) atoms. The number of halogens is 2. The number of carbonyl (C=O) groups is 1. The van der Waals surface area contributed by atoms with E-state index in [1.165, 1.54) is 23.1 Å². The molecular weight excluding hydrogens is 589 g/mol. The summed E-state index contributed by atoms with van der Waals surface area (Å²) in [7, 11) is 3.93. The molecule has 3 aromatic heterocycles. The van der Waals surface area contributed by atoms with Crippen molar-refractivity contribution in [3.05, 3.63) is 71.6 Å². The lowest BCUT2D eigenvalue weighted by molar-refractivity contribution is 0.0950. The molecule has 9 nitrogen and oxygen atoms in total. The second-order valence-corrected chi connectivity index (χ2v) is 11.1. The maximum atomic E-state index is 12.6. The number of likely N-dealkylation sites (N-methyl/N-ethyl adjacent to an activating group) is 1. The van der Waals surface area contributed by atoms with Gasteiger partial charge in [-0.3, -0.25) is 4.79 Å². The van der Waals surface area contributed by atoms with E-state index in [9.17, 15) is 4.79 Å². The third-order valence-corrected chi connectivity index (χ3v) is 6.80. The van der Waals surface area contributed by atoms with Crippen molar-refractivity contribution in [2.75, 3.05) is 32.5 Å². The van der Waals surface area contributed by atoms with E-state index in [2.05, 4.69) is 44.8 Å². The molecule has 0 saturated heterocycles. The summed E-state index contributed by atoms with van der Waals surface area (Å²) in [5, 5.41) is 9.63. The molecule has 214 valence electrons. The minimum absolute atomic E-state index is 0. The number of pyridine rings is 1. The largest absolute Gasteiger partial charge is 0.453 e. The Hall–Kier alpha value is -2.96. The molecule has 2 N–H and O–H groups in total. The second-order valence-electron chi connectivity index (χ2n) is 9.21. The van der Waals surface area contributed by atoms with E-state index in [1.54, 1.807) is 42.9 Å². The fraction of sp³-hybridized carbons (Fsp3) is 0.296. The summed E-state index contributed by atoms with van der Waals surface area (Å²) in [6, 6.07) is 10.7. The van der Waals surface area contributed by atoms with Crippen molar-refractivity contribution in [2.24, 2.45) is 5.92 Å². The first-order chi connectivity index (χ1) is 18.4. The first-order valence-electron chi connectivity index (χ1n) is 12.2. The van der Waals surface area contributed by atoms with Crippen LogP contribution in [0.3, 0.4) is 0 Å².